The first kappa shape index (κ1) is 22.2. The fourth-order valence-corrected chi connectivity index (χ4v) is 3.43. The normalized spacial score (nSPS) is 13.2. The Kier molecular flexibility index (Phi) is 9.41. The molecule has 0 spiro atoms. The van der Waals surface area contributed by atoms with Crippen molar-refractivity contribution < 1.29 is 19.1 Å². The lowest BCUT2D eigenvalue weighted by Gasteiger charge is -2.17. The fourth-order valence-electron chi connectivity index (χ4n) is 2.50. The van der Waals surface area contributed by atoms with Crippen LogP contribution in [0.4, 0.5) is 0 Å². The molecule has 1 N–H and O–H groups in total. The largest absolute Gasteiger partial charge is 0.464 e. The molecule has 2 unspecified atom stereocenters. The van der Waals surface area contributed by atoms with Crippen LogP contribution in [-0.2, 0) is 25.5 Å². The molecule has 6 heteroatoms. The van der Waals surface area contributed by atoms with Gasteiger partial charge in [0.05, 0.1) is 12.5 Å². The molecule has 0 radical (unpaired) electrons. The molecule has 0 aliphatic rings. The van der Waals surface area contributed by atoms with Gasteiger partial charge >= 0.3 is 5.97 Å². The van der Waals surface area contributed by atoms with Gasteiger partial charge in [0.15, 0.2) is 5.12 Å². The van der Waals surface area contributed by atoms with Crippen LogP contribution < -0.4 is 5.32 Å². The second-order valence-corrected chi connectivity index (χ2v) is 7.72. The van der Waals surface area contributed by atoms with E-state index >= 15 is 0 Å². The molecule has 1 aromatic rings. The Morgan fingerprint density at radius 1 is 1.12 bits per heavy atom. The van der Waals surface area contributed by atoms with Gasteiger partial charge in [0.1, 0.15) is 6.04 Å². The Bertz CT molecular complexity index is 613. The Morgan fingerprint density at radius 2 is 1.73 bits per heavy atom. The van der Waals surface area contributed by atoms with E-state index in [2.05, 4.69) is 31.3 Å². The van der Waals surface area contributed by atoms with Gasteiger partial charge in [-0.05, 0) is 30.4 Å². The highest BCUT2D eigenvalue weighted by molar-refractivity contribution is 8.13. The van der Waals surface area contributed by atoms with Crippen molar-refractivity contribution in [3.8, 4) is 0 Å². The smallest absolute Gasteiger partial charge is 0.329 e. The van der Waals surface area contributed by atoms with Crippen molar-refractivity contribution in [2.45, 2.75) is 53.0 Å². The average molecular weight is 380 g/mol. The molecule has 0 aromatic heterocycles. The molecular formula is C20H29NO4S. The Balaban J connectivity index is 2.66. The van der Waals surface area contributed by atoms with Crippen molar-refractivity contribution in [1.29, 1.82) is 0 Å². The molecule has 144 valence electrons. The van der Waals surface area contributed by atoms with Crippen LogP contribution in [0.3, 0.4) is 0 Å². The number of rotatable bonds is 9. The zero-order chi connectivity index (χ0) is 19.7. The molecule has 0 saturated heterocycles. The molecule has 2 atom stereocenters. The number of amides is 1. The van der Waals surface area contributed by atoms with E-state index in [4.69, 9.17) is 4.74 Å². The van der Waals surface area contributed by atoms with Crippen LogP contribution in [0.5, 0.6) is 0 Å². The van der Waals surface area contributed by atoms with Gasteiger partial charge < -0.3 is 10.1 Å². The molecule has 0 bridgehead atoms. The van der Waals surface area contributed by atoms with Gasteiger partial charge in [0.2, 0.25) is 5.91 Å². The highest BCUT2D eigenvalue weighted by Gasteiger charge is 2.24. The molecule has 0 aliphatic carbocycles. The molecule has 0 fully saturated rings. The number of benzene rings is 1. The van der Waals surface area contributed by atoms with Crippen molar-refractivity contribution in [3.63, 3.8) is 0 Å². The van der Waals surface area contributed by atoms with Crippen LogP contribution in [0, 0.1) is 5.92 Å². The third-order valence-corrected chi connectivity index (χ3v) is 4.96. The Morgan fingerprint density at radius 3 is 2.23 bits per heavy atom. The number of thioether (sulfide) groups is 1. The van der Waals surface area contributed by atoms with Gasteiger partial charge in [-0.15, -0.1) is 0 Å². The summed E-state index contributed by atoms with van der Waals surface area (Å²) in [6.45, 7) is 9.46. The molecule has 26 heavy (non-hydrogen) atoms. The number of carbonyl (C=O) groups is 3. The van der Waals surface area contributed by atoms with E-state index in [1.54, 1.807) is 6.92 Å². The second-order valence-electron chi connectivity index (χ2n) is 6.70. The summed E-state index contributed by atoms with van der Waals surface area (Å²) in [5, 5.41) is 2.50. The lowest BCUT2D eigenvalue weighted by Crippen LogP contribution is -2.43. The van der Waals surface area contributed by atoms with Crippen LogP contribution in [0.15, 0.2) is 24.3 Å². The first-order chi connectivity index (χ1) is 12.2. The molecule has 5 nitrogen and oxygen atoms in total. The minimum absolute atomic E-state index is 0.0405. The van der Waals surface area contributed by atoms with Crippen LogP contribution in [-0.4, -0.2) is 35.4 Å². The van der Waals surface area contributed by atoms with Gasteiger partial charge in [0.25, 0.3) is 0 Å². The average Bonchev–Trinajstić information content (AvgIpc) is 2.57. The van der Waals surface area contributed by atoms with E-state index in [0.29, 0.717) is 5.92 Å². The van der Waals surface area contributed by atoms with Crippen LogP contribution in [0.2, 0.25) is 0 Å². The van der Waals surface area contributed by atoms with E-state index < -0.39 is 12.0 Å². The van der Waals surface area contributed by atoms with Crippen molar-refractivity contribution in [3.05, 3.63) is 35.4 Å². The predicted octanol–water partition coefficient (Wildman–Crippen LogP) is 3.32. The summed E-state index contributed by atoms with van der Waals surface area (Å²) in [5.41, 5.74) is 2.20. The van der Waals surface area contributed by atoms with Gasteiger partial charge in [0, 0.05) is 12.7 Å². The summed E-state index contributed by atoms with van der Waals surface area (Å²) in [6, 6.07) is 7.27. The number of ether oxygens (including phenoxy) is 1. The maximum absolute atomic E-state index is 12.5. The summed E-state index contributed by atoms with van der Waals surface area (Å²) in [5.74, 6) is -0.386. The first-order valence-electron chi connectivity index (χ1n) is 8.93. The molecule has 0 aliphatic heterocycles. The Labute approximate surface area is 160 Å². The minimum atomic E-state index is -0.818. The molecule has 0 saturated carbocycles. The number of hydrogen-bond donors (Lipinski definition) is 1. The summed E-state index contributed by atoms with van der Waals surface area (Å²) in [6.07, 6.45) is 1.01. The van der Waals surface area contributed by atoms with E-state index in [1.165, 1.54) is 12.5 Å². The summed E-state index contributed by atoms with van der Waals surface area (Å²) in [7, 11) is 0. The van der Waals surface area contributed by atoms with E-state index in [9.17, 15) is 14.4 Å². The summed E-state index contributed by atoms with van der Waals surface area (Å²) < 4.78 is 4.95. The van der Waals surface area contributed by atoms with Crippen molar-refractivity contribution in [2.24, 2.45) is 5.92 Å². The fraction of sp³-hybridized carbons (Fsp3) is 0.550. The SMILES string of the molecule is CCOC(=O)C(CSC(=O)C(C)c1ccc(CC(C)C)cc1)NC(C)=O. The Hall–Kier alpha value is -1.82. The topological polar surface area (TPSA) is 72.5 Å². The lowest BCUT2D eigenvalue weighted by molar-refractivity contribution is -0.146. The molecule has 1 amide bonds. The van der Waals surface area contributed by atoms with Crippen LogP contribution in [0.25, 0.3) is 0 Å². The maximum atomic E-state index is 12.5. The zero-order valence-corrected chi connectivity index (χ0v) is 17.0. The molecule has 1 rings (SSSR count). The van der Waals surface area contributed by atoms with Crippen molar-refractivity contribution in [1.82, 2.24) is 5.32 Å². The van der Waals surface area contributed by atoms with Crippen LogP contribution >= 0.6 is 11.8 Å². The third kappa shape index (κ3) is 7.60. The molecular weight excluding hydrogens is 350 g/mol. The van der Waals surface area contributed by atoms with E-state index in [-0.39, 0.29) is 29.3 Å². The zero-order valence-electron chi connectivity index (χ0n) is 16.2. The molecule has 1 aromatic carbocycles. The quantitative estimate of drug-likeness (QED) is 0.667. The van der Waals surface area contributed by atoms with Crippen LogP contribution in [0.1, 0.15) is 51.7 Å². The van der Waals surface area contributed by atoms with Gasteiger partial charge in [-0.3, -0.25) is 9.59 Å². The second kappa shape index (κ2) is 11.0. The molecule has 0 heterocycles. The maximum Gasteiger partial charge on any atom is 0.329 e. The highest BCUT2D eigenvalue weighted by atomic mass is 32.2. The summed E-state index contributed by atoms with van der Waals surface area (Å²) in [4.78, 5) is 35.6. The predicted molar refractivity (Wildman–Crippen MR) is 105 cm³/mol. The minimum Gasteiger partial charge on any atom is -0.464 e. The van der Waals surface area contributed by atoms with Gasteiger partial charge in [-0.2, -0.15) is 0 Å². The first-order valence-corrected chi connectivity index (χ1v) is 9.92. The number of nitrogens with one attached hydrogen (secondary N) is 1. The standard InChI is InChI=1S/C20H29NO4S/c1-6-25-19(23)18(21-15(5)22)12-26-20(24)14(4)17-9-7-16(8-10-17)11-13(2)3/h7-10,13-14,18H,6,11-12H2,1-5H3,(H,21,22). The van der Waals surface area contributed by atoms with Crippen molar-refractivity contribution >= 4 is 28.8 Å². The number of carbonyl (C=O) groups excluding carboxylic acids is 3. The summed E-state index contributed by atoms with van der Waals surface area (Å²) >= 11 is 1.04. The van der Waals surface area contributed by atoms with E-state index in [0.717, 1.165) is 23.7 Å². The monoisotopic (exact) mass is 379 g/mol. The van der Waals surface area contributed by atoms with Crippen molar-refractivity contribution in [2.75, 3.05) is 12.4 Å². The number of esters is 1. The van der Waals surface area contributed by atoms with Gasteiger partial charge in [-0.25, -0.2) is 4.79 Å². The highest BCUT2D eigenvalue weighted by Crippen LogP contribution is 2.24. The lowest BCUT2D eigenvalue weighted by atomic mass is 9.97. The number of hydrogen-bond acceptors (Lipinski definition) is 5. The van der Waals surface area contributed by atoms with Gasteiger partial charge in [-0.1, -0.05) is 56.8 Å². The van der Waals surface area contributed by atoms with E-state index in [1.807, 2.05) is 19.1 Å². The third-order valence-electron chi connectivity index (χ3n) is 3.82.